The molecule has 0 aliphatic heterocycles. The average molecular weight is 1180 g/mol. The van der Waals surface area contributed by atoms with Crippen LogP contribution >= 0.6 is 0 Å². The van der Waals surface area contributed by atoms with E-state index in [1.165, 1.54) is 0 Å². The Hall–Kier alpha value is -12.7. The number of fused-ring (bicyclic) bond motifs is 10. The van der Waals surface area contributed by atoms with Crippen LogP contribution in [0.25, 0.3) is 177 Å². The van der Waals surface area contributed by atoms with Crippen molar-refractivity contribution < 1.29 is 0 Å². The maximum Gasteiger partial charge on any atom is 0.0970 e. The number of rotatable bonds is 8. The zero-order chi connectivity index (χ0) is 60.9. The molecule has 10 heteroatoms. The van der Waals surface area contributed by atoms with E-state index in [1.807, 2.05) is 67.3 Å². The molecule has 10 heterocycles. The highest BCUT2D eigenvalue weighted by atomic mass is 14.8. The van der Waals surface area contributed by atoms with Crippen molar-refractivity contribution in [3.63, 3.8) is 0 Å². The molecule has 0 bridgehead atoms. The van der Waals surface area contributed by atoms with Crippen molar-refractivity contribution in [3.8, 4) is 89.5 Å². The highest BCUT2D eigenvalue weighted by molar-refractivity contribution is 6.11. The van der Waals surface area contributed by atoms with Crippen molar-refractivity contribution in [2.45, 2.75) is 0 Å². The first-order valence-corrected chi connectivity index (χ1v) is 30.5. The van der Waals surface area contributed by atoms with E-state index in [4.69, 9.17) is 19.9 Å². The number of aromatic nitrogens is 10. The Kier molecular flexibility index (Phi) is 13.3. The van der Waals surface area contributed by atoms with Gasteiger partial charge in [0.05, 0.1) is 66.9 Å². The molecule has 0 aliphatic carbocycles. The Morgan fingerprint density at radius 2 is 0.533 bits per heavy atom. The smallest absolute Gasteiger partial charge is 0.0970 e. The zero-order valence-corrected chi connectivity index (χ0v) is 49.3. The lowest BCUT2D eigenvalue weighted by Crippen LogP contribution is -1.90. The maximum atomic E-state index is 5.10. The molecule has 0 amide bonds. The Bertz CT molecular complexity index is 5860. The van der Waals surface area contributed by atoms with E-state index < -0.39 is 0 Å². The fourth-order valence-electron chi connectivity index (χ4n) is 12.5. The second kappa shape index (κ2) is 22.8. The molecular weight excluding hydrogens is 1120 g/mol. The Morgan fingerprint density at radius 1 is 0.185 bits per heavy atom. The fourth-order valence-corrected chi connectivity index (χ4v) is 12.5. The van der Waals surface area contributed by atoms with Crippen LogP contribution in [0.2, 0.25) is 0 Å². The predicted molar refractivity (Wildman–Crippen MR) is 374 cm³/mol. The Balaban J connectivity index is 0.000000141. The van der Waals surface area contributed by atoms with Crippen LogP contribution in [0, 0.1) is 0 Å². The Morgan fingerprint density at radius 3 is 1.03 bits per heavy atom. The molecule has 0 unspecified atom stereocenters. The molecule has 18 rings (SSSR count). The number of pyridine rings is 10. The van der Waals surface area contributed by atoms with E-state index >= 15 is 0 Å². The molecule has 0 saturated carbocycles. The molecule has 0 spiro atoms. The average Bonchev–Trinajstić information content (AvgIpc) is 0.818. The number of nitrogens with zero attached hydrogens (tertiary/aromatic N) is 10. The van der Waals surface area contributed by atoms with Crippen LogP contribution < -0.4 is 0 Å². The van der Waals surface area contributed by atoms with Gasteiger partial charge in [-0.05, 0) is 148 Å². The molecule has 10 aromatic heterocycles. The monoisotopic (exact) mass is 1170 g/mol. The Labute approximate surface area is 528 Å². The van der Waals surface area contributed by atoms with Gasteiger partial charge >= 0.3 is 0 Å². The van der Waals surface area contributed by atoms with Gasteiger partial charge in [-0.3, -0.25) is 29.9 Å². The second-order valence-corrected chi connectivity index (χ2v) is 22.8. The maximum absolute atomic E-state index is 5.10. The lowest BCUT2D eigenvalue weighted by atomic mass is 9.95. The third kappa shape index (κ3) is 10.1. The van der Waals surface area contributed by atoms with Crippen LogP contribution in [-0.4, -0.2) is 49.8 Å². The quantitative estimate of drug-likeness (QED) is 0.136. The first-order valence-electron chi connectivity index (χ1n) is 30.5. The van der Waals surface area contributed by atoms with Crippen molar-refractivity contribution >= 4 is 87.2 Å². The van der Waals surface area contributed by atoms with Crippen molar-refractivity contribution in [2.24, 2.45) is 0 Å². The highest BCUT2D eigenvalue weighted by Gasteiger charge is 2.15. The number of benzene rings is 8. The summed E-state index contributed by atoms with van der Waals surface area (Å²) in [5.74, 6) is 0. The third-order valence-corrected chi connectivity index (χ3v) is 17.3. The lowest BCUT2D eigenvalue weighted by Gasteiger charge is -2.11. The van der Waals surface area contributed by atoms with E-state index in [0.717, 1.165) is 177 Å². The molecule has 18 aromatic rings. The largest absolute Gasteiger partial charge is 0.265 e. The van der Waals surface area contributed by atoms with E-state index in [9.17, 15) is 0 Å². The van der Waals surface area contributed by atoms with Crippen LogP contribution in [0.5, 0.6) is 0 Å². The molecular formula is C82H50N10. The van der Waals surface area contributed by atoms with Gasteiger partial charge in [-0.1, -0.05) is 152 Å². The van der Waals surface area contributed by atoms with Gasteiger partial charge in [0, 0.05) is 115 Å². The fraction of sp³-hybridized carbons (Fsp3) is 0. The van der Waals surface area contributed by atoms with E-state index in [2.05, 4.69) is 242 Å². The summed E-state index contributed by atoms with van der Waals surface area (Å²) in [4.78, 5) is 46.9. The highest BCUT2D eigenvalue weighted by Crippen LogP contribution is 2.38. The van der Waals surface area contributed by atoms with Gasteiger partial charge in [-0.25, -0.2) is 19.9 Å². The van der Waals surface area contributed by atoms with E-state index in [1.54, 1.807) is 24.8 Å². The van der Waals surface area contributed by atoms with Gasteiger partial charge in [-0.15, -0.1) is 0 Å². The van der Waals surface area contributed by atoms with Gasteiger partial charge in [0.25, 0.3) is 0 Å². The van der Waals surface area contributed by atoms with Crippen molar-refractivity contribution in [1.82, 2.24) is 49.8 Å². The molecule has 0 aliphatic rings. The van der Waals surface area contributed by atoms with E-state index in [-0.39, 0.29) is 0 Å². The van der Waals surface area contributed by atoms with Crippen molar-refractivity contribution in [2.75, 3.05) is 0 Å². The minimum atomic E-state index is 0.921. The van der Waals surface area contributed by atoms with Crippen LogP contribution in [0.4, 0.5) is 0 Å². The molecule has 0 N–H and O–H groups in total. The van der Waals surface area contributed by atoms with Crippen LogP contribution in [0.15, 0.2) is 304 Å². The van der Waals surface area contributed by atoms with Crippen LogP contribution in [-0.2, 0) is 0 Å². The third-order valence-electron chi connectivity index (χ3n) is 17.3. The minimum Gasteiger partial charge on any atom is -0.265 e. The first-order chi connectivity index (χ1) is 45.5. The number of hydrogen-bond acceptors (Lipinski definition) is 10. The summed E-state index contributed by atoms with van der Waals surface area (Å²) in [5, 5.41) is 8.77. The normalized spacial score (nSPS) is 11.5. The van der Waals surface area contributed by atoms with Gasteiger partial charge in [0.15, 0.2) is 0 Å². The molecule has 8 aromatic carbocycles. The summed E-state index contributed by atoms with van der Waals surface area (Å²) in [5.41, 5.74) is 24.5. The van der Waals surface area contributed by atoms with Crippen LogP contribution in [0.1, 0.15) is 0 Å². The van der Waals surface area contributed by atoms with Gasteiger partial charge in [0.2, 0.25) is 0 Å². The SMILES string of the molecule is c1cnc2c(c1)cc(-c1ccc(-c3ccc4ccc(-c5ccc6ccc(-c7ccncc7)nc6c5)nc4c3)cc1)c1cccnc12.c1cnc2c(c1)ccc1c(-c3ccc(-c4ccc5ccc(-c6ccc7ccc(-c8ccncc8)nc7c6)nc5c4)cc3)ccnc12. The van der Waals surface area contributed by atoms with Crippen molar-refractivity contribution in [1.29, 1.82) is 0 Å². The summed E-state index contributed by atoms with van der Waals surface area (Å²) in [7, 11) is 0. The van der Waals surface area contributed by atoms with Crippen LogP contribution in [0.3, 0.4) is 0 Å². The molecule has 0 fully saturated rings. The van der Waals surface area contributed by atoms with Crippen molar-refractivity contribution in [3.05, 3.63) is 304 Å². The van der Waals surface area contributed by atoms with Gasteiger partial charge in [-0.2, -0.15) is 0 Å². The molecule has 0 radical (unpaired) electrons. The summed E-state index contributed by atoms with van der Waals surface area (Å²) >= 11 is 0. The predicted octanol–water partition coefficient (Wildman–Crippen LogP) is 19.9. The number of hydrogen-bond donors (Lipinski definition) is 0. The lowest BCUT2D eigenvalue weighted by molar-refractivity contribution is 1.31. The summed E-state index contributed by atoms with van der Waals surface area (Å²) < 4.78 is 0. The summed E-state index contributed by atoms with van der Waals surface area (Å²) in [6.45, 7) is 0. The minimum absolute atomic E-state index is 0.921. The van der Waals surface area contributed by atoms with E-state index in [0.29, 0.717) is 0 Å². The van der Waals surface area contributed by atoms with Gasteiger partial charge in [0.1, 0.15) is 0 Å². The first kappa shape index (κ1) is 53.6. The molecule has 92 heavy (non-hydrogen) atoms. The second-order valence-electron chi connectivity index (χ2n) is 22.8. The molecule has 0 atom stereocenters. The summed E-state index contributed by atoms with van der Waals surface area (Å²) in [6.07, 6.45) is 14.5. The van der Waals surface area contributed by atoms with Gasteiger partial charge < -0.3 is 0 Å². The topological polar surface area (TPSA) is 129 Å². The zero-order valence-electron chi connectivity index (χ0n) is 49.3. The molecule has 10 nitrogen and oxygen atoms in total. The molecule has 428 valence electrons. The standard InChI is InChI=1S/2C41H25N5/c1-3-33-23-35(34-4-2-20-44-41(34)40(33)43-19-1)27-7-5-26(6-8-27)31-11-9-28-14-16-37(46-38(28)24-31)32-12-10-29-13-15-36(45-39(29)25-32)30-17-21-42-22-18-30;1-2-31-11-14-35-34(19-23-44-41(35)40(31)43-20-1)27-5-3-26(4-6-27)32-9-7-28-13-16-37(46-38(28)24-32)33-10-8-29-12-15-36(45-39(29)25-33)30-17-21-42-22-18-30/h2*1-25H. The molecule has 0 saturated heterocycles. The summed E-state index contributed by atoms with van der Waals surface area (Å²) in [6, 6.07) is 88.7.